The summed E-state index contributed by atoms with van der Waals surface area (Å²) in [6.45, 7) is 1.92. The molecule has 4 heteroatoms. The smallest absolute Gasteiger partial charge is 0.150 e. The summed E-state index contributed by atoms with van der Waals surface area (Å²) in [4.78, 5) is 0.626. The van der Waals surface area contributed by atoms with Crippen LogP contribution in [-0.4, -0.2) is 24.8 Å². The highest BCUT2D eigenvalue weighted by Crippen LogP contribution is 2.32. The first-order chi connectivity index (χ1) is 6.53. The number of alkyl halides is 1. The van der Waals surface area contributed by atoms with Gasteiger partial charge in [0.15, 0.2) is 0 Å². The summed E-state index contributed by atoms with van der Waals surface area (Å²) in [6.07, 6.45) is 5.16. The summed E-state index contributed by atoms with van der Waals surface area (Å²) in [5.74, 6) is 1.38. The molecule has 0 aromatic rings. The molecule has 2 atom stereocenters. The van der Waals surface area contributed by atoms with Gasteiger partial charge in [-0.1, -0.05) is 22.9 Å². The van der Waals surface area contributed by atoms with Crippen LogP contribution in [0.5, 0.6) is 0 Å². The Morgan fingerprint density at radius 1 is 1.29 bits per heavy atom. The molecule has 14 heavy (non-hydrogen) atoms. The minimum atomic E-state index is -2.75. The molecule has 0 aromatic heterocycles. The van der Waals surface area contributed by atoms with Crippen LogP contribution in [0, 0.1) is 5.92 Å². The van der Waals surface area contributed by atoms with E-state index in [4.69, 9.17) is 0 Å². The molecule has 0 amide bonds. The van der Waals surface area contributed by atoms with Crippen LogP contribution in [0.15, 0.2) is 0 Å². The van der Waals surface area contributed by atoms with Crippen molar-refractivity contribution in [2.75, 3.05) is 11.5 Å². The van der Waals surface area contributed by atoms with Crippen molar-refractivity contribution in [2.24, 2.45) is 5.92 Å². The lowest BCUT2D eigenvalue weighted by molar-refractivity contribution is 0.522. The van der Waals surface area contributed by atoms with Gasteiger partial charge in [0.1, 0.15) is 9.84 Å². The van der Waals surface area contributed by atoms with Crippen molar-refractivity contribution in [1.82, 2.24) is 0 Å². The van der Waals surface area contributed by atoms with Gasteiger partial charge in [-0.3, -0.25) is 0 Å². The number of sulfone groups is 1. The molecule has 1 aliphatic carbocycles. The highest BCUT2D eigenvalue weighted by Gasteiger charge is 2.23. The first kappa shape index (κ1) is 12.5. The quantitative estimate of drug-likeness (QED) is 0.727. The molecular weight excluding hydrogens is 264 g/mol. The number of rotatable bonds is 5. The van der Waals surface area contributed by atoms with Gasteiger partial charge < -0.3 is 0 Å². The topological polar surface area (TPSA) is 34.1 Å². The zero-order valence-electron chi connectivity index (χ0n) is 8.71. The van der Waals surface area contributed by atoms with Gasteiger partial charge in [0.25, 0.3) is 0 Å². The monoisotopic (exact) mass is 282 g/mol. The minimum Gasteiger partial charge on any atom is -0.229 e. The van der Waals surface area contributed by atoms with Gasteiger partial charge >= 0.3 is 0 Å². The SMILES string of the molecule is CCCS(=O)(=O)CCC1CCC(Br)C1. The molecule has 1 aliphatic rings. The van der Waals surface area contributed by atoms with Crippen LogP contribution in [0.3, 0.4) is 0 Å². The molecule has 0 spiro atoms. The van der Waals surface area contributed by atoms with Crippen LogP contribution in [0.4, 0.5) is 0 Å². The van der Waals surface area contributed by atoms with Crippen molar-refractivity contribution in [3.05, 3.63) is 0 Å². The molecule has 0 aromatic carbocycles. The zero-order valence-corrected chi connectivity index (χ0v) is 11.1. The largest absolute Gasteiger partial charge is 0.229 e. The van der Waals surface area contributed by atoms with Crippen molar-refractivity contribution in [2.45, 2.75) is 43.9 Å². The molecule has 1 rings (SSSR count). The molecule has 0 radical (unpaired) electrons. The summed E-state index contributed by atoms with van der Waals surface area (Å²) in [5, 5.41) is 0. The Bertz CT molecular complexity index is 261. The Morgan fingerprint density at radius 3 is 2.50 bits per heavy atom. The van der Waals surface area contributed by atoms with Crippen LogP contribution in [0.1, 0.15) is 39.0 Å². The third kappa shape index (κ3) is 4.30. The lowest BCUT2D eigenvalue weighted by atomic mass is 10.1. The Morgan fingerprint density at radius 2 is 2.00 bits per heavy atom. The maximum absolute atomic E-state index is 11.5. The van der Waals surface area contributed by atoms with Gasteiger partial charge in [-0.2, -0.15) is 0 Å². The zero-order chi connectivity index (χ0) is 10.6. The van der Waals surface area contributed by atoms with Crippen molar-refractivity contribution in [3.63, 3.8) is 0 Å². The second kappa shape index (κ2) is 5.50. The van der Waals surface area contributed by atoms with Gasteiger partial charge in [-0.25, -0.2) is 8.42 Å². The molecule has 0 heterocycles. The van der Waals surface area contributed by atoms with Crippen LogP contribution in [-0.2, 0) is 9.84 Å². The molecule has 2 unspecified atom stereocenters. The van der Waals surface area contributed by atoms with Crippen LogP contribution >= 0.6 is 15.9 Å². The fourth-order valence-electron chi connectivity index (χ4n) is 2.04. The fraction of sp³-hybridized carbons (Fsp3) is 1.00. The first-order valence-corrected chi connectivity index (χ1v) is 8.11. The second-order valence-corrected chi connectivity index (χ2v) is 7.82. The summed E-state index contributed by atoms with van der Waals surface area (Å²) < 4.78 is 22.9. The van der Waals surface area contributed by atoms with E-state index in [1.807, 2.05) is 6.92 Å². The van der Waals surface area contributed by atoms with Gasteiger partial charge in [0.05, 0.1) is 5.75 Å². The van der Waals surface area contributed by atoms with Crippen molar-refractivity contribution >= 4 is 25.8 Å². The average Bonchev–Trinajstić information content (AvgIpc) is 2.48. The predicted molar refractivity (Wildman–Crippen MR) is 63.6 cm³/mol. The maximum Gasteiger partial charge on any atom is 0.150 e. The highest BCUT2D eigenvalue weighted by atomic mass is 79.9. The molecule has 1 saturated carbocycles. The van der Waals surface area contributed by atoms with Gasteiger partial charge in [0, 0.05) is 10.6 Å². The van der Waals surface area contributed by atoms with Crippen LogP contribution in [0.25, 0.3) is 0 Å². The Labute approximate surface area is 95.5 Å². The van der Waals surface area contributed by atoms with Crippen LogP contribution < -0.4 is 0 Å². The summed E-state index contributed by atoms with van der Waals surface area (Å²) in [6, 6.07) is 0. The molecule has 0 saturated heterocycles. The molecule has 0 N–H and O–H groups in total. The van der Waals surface area contributed by atoms with E-state index < -0.39 is 9.84 Å². The Hall–Kier alpha value is 0.430. The lowest BCUT2D eigenvalue weighted by Crippen LogP contribution is -2.13. The molecule has 1 fully saturated rings. The predicted octanol–water partition coefficient (Wildman–Crippen LogP) is 2.76. The number of hydrogen-bond acceptors (Lipinski definition) is 2. The third-order valence-electron chi connectivity index (χ3n) is 2.83. The standard InChI is InChI=1S/C10H19BrO2S/c1-2-6-14(12,13)7-5-9-3-4-10(11)8-9/h9-10H,2-8H2,1H3. The highest BCUT2D eigenvalue weighted by molar-refractivity contribution is 9.09. The van der Waals surface area contributed by atoms with E-state index in [9.17, 15) is 8.42 Å². The van der Waals surface area contributed by atoms with E-state index in [2.05, 4.69) is 15.9 Å². The van der Waals surface area contributed by atoms with Gasteiger partial charge in [-0.15, -0.1) is 0 Å². The third-order valence-corrected chi connectivity index (χ3v) is 5.55. The molecule has 0 bridgehead atoms. The second-order valence-electron chi connectivity index (χ2n) is 4.22. The van der Waals surface area contributed by atoms with Crippen molar-refractivity contribution in [3.8, 4) is 0 Å². The molecular formula is C10H19BrO2S. The lowest BCUT2D eigenvalue weighted by Gasteiger charge is -2.08. The number of hydrogen-bond donors (Lipinski definition) is 0. The van der Waals surface area contributed by atoms with E-state index in [-0.39, 0.29) is 0 Å². The summed E-state index contributed by atoms with van der Waals surface area (Å²) in [7, 11) is -2.75. The fourth-order valence-corrected chi connectivity index (χ4v) is 4.35. The van der Waals surface area contributed by atoms with E-state index in [0.29, 0.717) is 22.3 Å². The summed E-state index contributed by atoms with van der Waals surface area (Å²) in [5.41, 5.74) is 0. The van der Waals surface area contributed by atoms with E-state index >= 15 is 0 Å². The van der Waals surface area contributed by atoms with Crippen LogP contribution in [0.2, 0.25) is 0 Å². The van der Waals surface area contributed by atoms with Gasteiger partial charge in [0.2, 0.25) is 0 Å². The van der Waals surface area contributed by atoms with E-state index in [1.165, 1.54) is 12.8 Å². The molecule has 84 valence electrons. The average molecular weight is 283 g/mol. The maximum atomic E-state index is 11.5. The first-order valence-electron chi connectivity index (χ1n) is 5.38. The Kier molecular flexibility index (Phi) is 4.91. The van der Waals surface area contributed by atoms with Crippen molar-refractivity contribution < 1.29 is 8.42 Å². The molecule has 2 nitrogen and oxygen atoms in total. The minimum absolute atomic E-state index is 0.359. The van der Waals surface area contributed by atoms with Gasteiger partial charge in [-0.05, 0) is 38.0 Å². The number of halogens is 1. The van der Waals surface area contributed by atoms with E-state index in [0.717, 1.165) is 19.3 Å². The molecule has 0 aliphatic heterocycles. The summed E-state index contributed by atoms with van der Waals surface area (Å²) >= 11 is 3.58. The van der Waals surface area contributed by atoms with Crippen molar-refractivity contribution in [1.29, 1.82) is 0 Å². The Balaban J connectivity index is 2.26. The van der Waals surface area contributed by atoms with E-state index in [1.54, 1.807) is 0 Å². The normalized spacial score (nSPS) is 28.1.